The molecule has 150 valence electrons. The maximum absolute atomic E-state index is 5.39. The van der Waals surface area contributed by atoms with Crippen molar-refractivity contribution in [2.45, 2.75) is 11.5 Å². The molecule has 0 radical (unpaired) electrons. The van der Waals surface area contributed by atoms with Crippen molar-refractivity contribution in [2.24, 2.45) is 0 Å². The molecule has 0 aliphatic rings. The Morgan fingerprint density at radius 1 is 0.600 bits per heavy atom. The van der Waals surface area contributed by atoms with Crippen LogP contribution in [-0.4, -0.2) is 20.4 Å². The number of ether oxygens (including phenoxy) is 1. The molecule has 0 spiro atoms. The van der Waals surface area contributed by atoms with Crippen molar-refractivity contribution >= 4 is 45.9 Å². The first-order chi connectivity index (χ1) is 14.6. The fraction of sp³-hybridized carbons (Fsp3) is 0.111. The number of methoxy groups -OCH3 is 1. The number of hydrogen-bond acceptors (Lipinski definition) is 1. The molecule has 0 heterocycles. The van der Waals surface area contributed by atoms with Gasteiger partial charge >= 0.3 is 184 Å². The van der Waals surface area contributed by atoms with Crippen LogP contribution in [0, 0.1) is 0 Å². The van der Waals surface area contributed by atoms with Crippen LogP contribution in [0.5, 0.6) is 5.75 Å². The third-order valence-corrected chi connectivity index (χ3v) is 16.1. The Hall–Kier alpha value is -2.35. The summed E-state index contributed by atoms with van der Waals surface area (Å²) in [6.45, 7) is 0. The average molecular weight is 471 g/mol. The number of rotatable bonds is 6. The van der Waals surface area contributed by atoms with Gasteiger partial charge in [0.15, 0.2) is 0 Å². The van der Waals surface area contributed by atoms with E-state index < -0.39 is 21.2 Å². The van der Waals surface area contributed by atoms with Gasteiger partial charge in [-0.15, -0.1) is 0 Å². The summed E-state index contributed by atoms with van der Waals surface area (Å²) in [5.74, 6) is 5.93. The van der Waals surface area contributed by atoms with Gasteiger partial charge < -0.3 is 0 Å². The quantitative estimate of drug-likeness (QED) is 0.302. The molecule has 0 saturated carbocycles. The van der Waals surface area contributed by atoms with E-state index in [2.05, 4.69) is 121 Å². The predicted octanol–water partition coefficient (Wildman–Crippen LogP) is 4.28. The van der Waals surface area contributed by atoms with Gasteiger partial charge in [0, 0.05) is 0 Å². The van der Waals surface area contributed by atoms with E-state index >= 15 is 0 Å². The molecule has 0 aliphatic heterocycles. The average Bonchev–Trinajstić information content (AvgIpc) is 2.81. The van der Waals surface area contributed by atoms with E-state index in [-0.39, 0.29) is 0 Å². The Kier molecular flexibility index (Phi) is 6.41. The molecule has 0 aliphatic carbocycles. The van der Waals surface area contributed by atoms with E-state index in [4.69, 9.17) is 4.74 Å². The van der Waals surface area contributed by atoms with Crippen LogP contribution in [0.1, 0.15) is 0 Å². The van der Waals surface area contributed by atoms with Crippen LogP contribution >= 0.6 is 7.92 Å². The summed E-state index contributed by atoms with van der Waals surface area (Å²) >= 11 is -2.52. The van der Waals surface area contributed by atoms with Crippen molar-refractivity contribution in [3.63, 3.8) is 0 Å². The van der Waals surface area contributed by atoms with Crippen LogP contribution < -0.4 is 29.4 Å². The van der Waals surface area contributed by atoms with E-state index in [1.165, 1.54) is 20.3 Å². The minimum absolute atomic E-state index is 0.609. The van der Waals surface area contributed by atoms with Crippen LogP contribution in [0.4, 0.5) is 0 Å². The predicted molar refractivity (Wildman–Crippen MR) is 135 cm³/mol. The number of benzene rings is 4. The van der Waals surface area contributed by atoms with E-state index in [9.17, 15) is 0 Å². The molecular formula is C27H27GeOP. The van der Waals surface area contributed by atoms with Crippen molar-refractivity contribution in [1.29, 1.82) is 0 Å². The van der Waals surface area contributed by atoms with Gasteiger partial charge in [0.2, 0.25) is 0 Å². The Balaban J connectivity index is 1.88. The first kappa shape index (κ1) is 20.9. The Bertz CT molecular complexity index is 1050. The molecule has 3 heteroatoms. The second kappa shape index (κ2) is 9.20. The topological polar surface area (TPSA) is 9.23 Å². The van der Waals surface area contributed by atoms with Gasteiger partial charge in [-0.05, 0) is 0 Å². The molecule has 0 saturated heterocycles. The zero-order chi connectivity index (χ0) is 21.0. The zero-order valence-corrected chi connectivity index (χ0v) is 20.7. The maximum atomic E-state index is 5.39. The molecule has 1 nitrogen and oxygen atoms in total. The summed E-state index contributed by atoms with van der Waals surface area (Å²) in [4.78, 5) is 0. The fourth-order valence-electron chi connectivity index (χ4n) is 3.94. The Morgan fingerprint density at radius 3 is 1.63 bits per heavy atom. The van der Waals surface area contributed by atoms with E-state index in [0.717, 1.165) is 5.75 Å². The van der Waals surface area contributed by atoms with Crippen molar-refractivity contribution in [3.05, 3.63) is 109 Å². The first-order valence-electron chi connectivity index (χ1n) is 10.3. The Morgan fingerprint density at radius 2 is 1.10 bits per heavy atom. The SMILES string of the molecule is COc1cc[c]([Ge]([CH3])([CH3])[c]2ccccc2P(c2ccccc2)c2ccccc2)cc1. The van der Waals surface area contributed by atoms with Gasteiger partial charge in [-0.1, -0.05) is 0 Å². The van der Waals surface area contributed by atoms with Gasteiger partial charge in [0.1, 0.15) is 0 Å². The Labute approximate surface area is 183 Å². The van der Waals surface area contributed by atoms with Gasteiger partial charge in [0.05, 0.1) is 0 Å². The summed E-state index contributed by atoms with van der Waals surface area (Å²) in [5.41, 5.74) is 0. The zero-order valence-electron chi connectivity index (χ0n) is 17.7. The second-order valence-corrected chi connectivity index (χ2v) is 19.2. The van der Waals surface area contributed by atoms with Crippen LogP contribution in [0.3, 0.4) is 0 Å². The van der Waals surface area contributed by atoms with Crippen molar-refractivity contribution < 1.29 is 4.74 Å². The van der Waals surface area contributed by atoms with Gasteiger partial charge in [-0.2, -0.15) is 0 Å². The molecule has 0 amide bonds. The van der Waals surface area contributed by atoms with Crippen molar-refractivity contribution in [2.75, 3.05) is 7.11 Å². The molecule has 0 N–H and O–H groups in total. The van der Waals surface area contributed by atoms with Crippen molar-refractivity contribution in [3.8, 4) is 5.75 Å². The summed E-state index contributed by atoms with van der Waals surface area (Å²) < 4.78 is 8.42. The summed E-state index contributed by atoms with van der Waals surface area (Å²) in [6.07, 6.45) is 0. The van der Waals surface area contributed by atoms with Gasteiger partial charge in [-0.25, -0.2) is 0 Å². The summed E-state index contributed by atoms with van der Waals surface area (Å²) in [5, 5.41) is 4.30. The third kappa shape index (κ3) is 4.24. The van der Waals surface area contributed by atoms with Crippen LogP contribution in [0.25, 0.3) is 0 Å². The molecule has 0 aromatic heterocycles. The van der Waals surface area contributed by atoms with Crippen LogP contribution in [0.15, 0.2) is 109 Å². The molecule has 4 aromatic carbocycles. The summed E-state index contributed by atoms with van der Waals surface area (Å²) in [6, 6.07) is 39.8. The molecule has 30 heavy (non-hydrogen) atoms. The molecular weight excluding hydrogens is 444 g/mol. The van der Waals surface area contributed by atoms with Crippen molar-refractivity contribution in [1.82, 2.24) is 0 Å². The second-order valence-electron chi connectivity index (χ2n) is 7.88. The molecule has 0 atom stereocenters. The minimum atomic E-state index is -2.52. The summed E-state index contributed by atoms with van der Waals surface area (Å²) in [7, 11) is 1.12. The monoisotopic (exact) mass is 472 g/mol. The normalized spacial score (nSPS) is 11.5. The van der Waals surface area contributed by atoms with E-state index in [0.29, 0.717) is 0 Å². The standard InChI is InChI=1S/C27H27GeOP/c1-28(2,22-18-20-23(29-3)21-19-22)26-16-10-11-17-27(26)30(24-12-6-4-7-13-24)25-14-8-5-9-15-25/h4-21H,1-3H3. The van der Waals surface area contributed by atoms with Crippen LogP contribution in [-0.2, 0) is 0 Å². The van der Waals surface area contributed by atoms with Gasteiger partial charge in [-0.3, -0.25) is 0 Å². The first-order valence-corrected chi connectivity index (χ1v) is 17.9. The van der Waals surface area contributed by atoms with E-state index in [1.807, 2.05) is 0 Å². The van der Waals surface area contributed by atoms with E-state index in [1.54, 1.807) is 11.5 Å². The third-order valence-electron chi connectivity index (χ3n) is 5.66. The molecule has 4 aromatic rings. The van der Waals surface area contributed by atoms with Crippen LogP contribution in [0.2, 0.25) is 11.5 Å². The molecule has 0 fully saturated rings. The molecule has 0 unspecified atom stereocenters. The molecule has 0 bridgehead atoms. The fourth-order valence-corrected chi connectivity index (χ4v) is 13.8. The van der Waals surface area contributed by atoms with Gasteiger partial charge in [0.25, 0.3) is 0 Å². The number of hydrogen-bond donors (Lipinski definition) is 0. The molecule has 4 rings (SSSR count).